The third kappa shape index (κ3) is 4.83. The van der Waals surface area contributed by atoms with Crippen molar-refractivity contribution in [2.45, 2.75) is 19.1 Å². The molecule has 24 heavy (non-hydrogen) atoms. The highest BCUT2D eigenvalue weighted by molar-refractivity contribution is 6.05. The van der Waals surface area contributed by atoms with E-state index in [-0.39, 0.29) is 6.54 Å². The van der Waals surface area contributed by atoms with E-state index in [2.05, 4.69) is 15.6 Å². The number of benzene rings is 1. The van der Waals surface area contributed by atoms with Gasteiger partial charge in [-0.25, -0.2) is 9.78 Å². The second-order valence-electron chi connectivity index (χ2n) is 5.12. The Hall–Kier alpha value is -3.36. The van der Waals surface area contributed by atoms with Crippen molar-refractivity contribution in [2.24, 2.45) is 11.5 Å². The number of nitrogens with one attached hydrogen (secondary N) is 2. The molecule has 0 bridgehead atoms. The first-order valence-electron chi connectivity index (χ1n) is 7.12. The van der Waals surface area contributed by atoms with Crippen LogP contribution >= 0.6 is 0 Å². The number of hydrogen-bond acceptors (Lipinski definition) is 4. The van der Waals surface area contributed by atoms with Gasteiger partial charge in [-0.1, -0.05) is 24.3 Å². The third-order valence-corrected chi connectivity index (χ3v) is 3.21. The minimum Gasteiger partial charge on any atom is -0.367 e. The molecule has 9 nitrogen and oxygen atoms in total. The lowest BCUT2D eigenvalue weighted by atomic mass is 10.1. The fraction of sp³-hybridized carbons (Fsp3) is 0.200. The van der Waals surface area contributed by atoms with Gasteiger partial charge in [0, 0.05) is 25.5 Å². The summed E-state index contributed by atoms with van der Waals surface area (Å²) >= 11 is 0. The Morgan fingerprint density at radius 2 is 1.88 bits per heavy atom. The molecule has 126 valence electrons. The summed E-state index contributed by atoms with van der Waals surface area (Å²) in [4.78, 5) is 37.7. The monoisotopic (exact) mass is 330 g/mol. The molecular formula is C15H18N6O3. The number of carbonyl (C=O) groups excluding carboxylic acids is 3. The van der Waals surface area contributed by atoms with Gasteiger partial charge in [-0.2, -0.15) is 0 Å². The molecule has 0 aliphatic heterocycles. The number of primary amides is 2. The standard InChI is InChI=1S/C15H18N6O3/c16-13(22)12(14(17)23)20-15(24)19-7-10-2-1-3-11(6-10)8-21-5-4-18-9-21/h1-6,9,12H,7-8H2,(H2,16,22)(H2,17,23)(H2,19,20,24). The van der Waals surface area contributed by atoms with Crippen LogP contribution in [0, 0.1) is 0 Å². The smallest absolute Gasteiger partial charge is 0.316 e. The van der Waals surface area contributed by atoms with E-state index in [1.165, 1.54) is 0 Å². The predicted octanol–water partition coefficient (Wildman–Crippen LogP) is -0.930. The first-order chi connectivity index (χ1) is 11.5. The summed E-state index contributed by atoms with van der Waals surface area (Å²) in [6, 6.07) is 5.35. The largest absolute Gasteiger partial charge is 0.367 e. The van der Waals surface area contributed by atoms with Crippen molar-refractivity contribution in [1.29, 1.82) is 0 Å². The van der Waals surface area contributed by atoms with Crippen LogP contribution in [-0.2, 0) is 22.7 Å². The van der Waals surface area contributed by atoms with E-state index in [9.17, 15) is 14.4 Å². The van der Waals surface area contributed by atoms with Gasteiger partial charge >= 0.3 is 6.03 Å². The minimum atomic E-state index is -1.54. The summed E-state index contributed by atoms with van der Waals surface area (Å²) in [5.74, 6) is -2.03. The highest BCUT2D eigenvalue weighted by Crippen LogP contribution is 2.07. The van der Waals surface area contributed by atoms with Crippen molar-refractivity contribution < 1.29 is 14.4 Å². The lowest BCUT2D eigenvalue weighted by Gasteiger charge is -2.13. The van der Waals surface area contributed by atoms with Gasteiger partial charge in [0.15, 0.2) is 6.04 Å². The molecule has 0 saturated heterocycles. The normalized spacial score (nSPS) is 10.4. The quantitative estimate of drug-likeness (QED) is 0.486. The Balaban J connectivity index is 1.90. The van der Waals surface area contributed by atoms with E-state index in [0.29, 0.717) is 6.54 Å². The topological polar surface area (TPSA) is 145 Å². The number of amides is 4. The van der Waals surface area contributed by atoms with Gasteiger partial charge in [-0.15, -0.1) is 0 Å². The van der Waals surface area contributed by atoms with E-state index in [1.807, 2.05) is 35.0 Å². The Labute approximate surface area is 138 Å². The molecule has 0 aliphatic rings. The fourth-order valence-corrected chi connectivity index (χ4v) is 2.08. The number of nitrogens with zero attached hydrogens (tertiary/aromatic N) is 2. The maximum atomic E-state index is 11.7. The number of urea groups is 1. The highest BCUT2D eigenvalue weighted by Gasteiger charge is 2.23. The van der Waals surface area contributed by atoms with E-state index in [0.717, 1.165) is 11.1 Å². The average Bonchev–Trinajstić information content (AvgIpc) is 3.03. The first kappa shape index (κ1) is 17.0. The maximum absolute atomic E-state index is 11.7. The van der Waals surface area contributed by atoms with Crippen molar-refractivity contribution in [3.63, 3.8) is 0 Å². The van der Waals surface area contributed by atoms with Gasteiger partial charge in [0.05, 0.1) is 6.33 Å². The first-order valence-corrected chi connectivity index (χ1v) is 7.12. The van der Waals surface area contributed by atoms with E-state index in [1.54, 1.807) is 12.5 Å². The molecule has 0 atom stereocenters. The summed E-state index contributed by atoms with van der Waals surface area (Å²) in [7, 11) is 0. The van der Waals surface area contributed by atoms with E-state index >= 15 is 0 Å². The van der Waals surface area contributed by atoms with Crippen LogP contribution in [0.2, 0.25) is 0 Å². The molecule has 0 aliphatic carbocycles. The number of carbonyl (C=O) groups is 3. The maximum Gasteiger partial charge on any atom is 0.316 e. The molecular weight excluding hydrogens is 312 g/mol. The van der Waals surface area contributed by atoms with Crippen LogP contribution in [0.1, 0.15) is 11.1 Å². The summed E-state index contributed by atoms with van der Waals surface area (Å²) in [6.07, 6.45) is 5.27. The SMILES string of the molecule is NC(=O)C(NC(=O)NCc1cccc(Cn2ccnc2)c1)C(N)=O. The van der Waals surface area contributed by atoms with E-state index < -0.39 is 23.9 Å². The Morgan fingerprint density at radius 3 is 2.50 bits per heavy atom. The van der Waals surface area contributed by atoms with Crippen molar-refractivity contribution in [3.8, 4) is 0 Å². The molecule has 0 saturated carbocycles. The molecule has 1 aromatic heterocycles. The van der Waals surface area contributed by atoms with Crippen LogP contribution in [0.15, 0.2) is 43.0 Å². The molecule has 0 unspecified atom stereocenters. The molecule has 1 heterocycles. The van der Waals surface area contributed by atoms with Gasteiger partial charge in [0.2, 0.25) is 11.8 Å². The zero-order valence-electron chi connectivity index (χ0n) is 12.8. The van der Waals surface area contributed by atoms with Gasteiger partial charge < -0.3 is 26.7 Å². The van der Waals surface area contributed by atoms with Crippen LogP contribution in [0.25, 0.3) is 0 Å². The van der Waals surface area contributed by atoms with Crippen LogP contribution < -0.4 is 22.1 Å². The van der Waals surface area contributed by atoms with Crippen LogP contribution in [0.5, 0.6) is 0 Å². The number of rotatable bonds is 7. The molecule has 0 spiro atoms. The molecule has 9 heteroatoms. The van der Waals surface area contributed by atoms with Crippen molar-refractivity contribution >= 4 is 17.8 Å². The number of aromatic nitrogens is 2. The average molecular weight is 330 g/mol. The Kier molecular flexibility index (Phi) is 5.50. The zero-order valence-corrected chi connectivity index (χ0v) is 12.8. The zero-order chi connectivity index (χ0) is 17.5. The fourth-order valence-electron chi connectivity index (χ4n) is 2.08. The van der Waals surface area contributed by atoms with Gasteiger partial charge in [0.1, 0.15) is 0 Å². The lowest BCUT2D eigenvalue weighted by molar-refractivity contribution is -0.128. The van der Waals surface area contributed by atoms with Crippen molar-refractivity contribution in [2.75, 3.05) is 0 Å². The number of imidazole rings is 1. The summed E-state index contributed by atoms with van der Waals surface area (Å²) < 4.78 is 1.92. The second kappa shape index (κ2) is 7.77. The van der Waals surface area contributed by atoms with Crippen LogP contribution in [0.3, 0.4) is 0 Å². The summed E-state index contributed by atoms with van der Waals surface area (Å²) in [5.41, 5.74) is 11.9. The van der Waals surface area contributed by atoms with Crippen LogP contribution in [-0.4, -0.2) is 33.4 Å². The van der Waals surface area contributed by atoms with Crippen molar-refractivity contribution in [3.05, 3.63) is 54.1 Å². The van der Waals surface area contributed by atoms with Crippen LogP contribution in [0.4, 0.5) is 4.79 Å². The van der Waals surface area contributed by atoms with Gasteiger partial charge in [0.25, 0.3) is 0 Å². The number of hydrogen-bond donors (Lipinski definition) is 4. The van der Waals surface area contributed by atoms with E-state index in [4.69, 9.17) is 11.5 Å². The molecule has 6 N–H and O–H groups in total. The van der Waals surface area contributed by atoms with Gasteiger partial charge in [-0.3, -0.25) is 9.59 Å². The third-order valence-electron chi connectivity index (χ3n) is 3.21. The Bertz CT molecular complexity index is 715. The Morgan fingerprint density at radius 1 is 1.17 bits per heavy atom. The molecule has 2 rings (SSSR count). The summed E-state index contributed by atoms with van der Waals surface area (Å²) in [5, 5.41) is 4.67. The molecule has 2 aromatic rings. The second-order valence-corrected chi connectivity index (χ2v) is 5.12. The molecule has 4 amide bonds. The summed E-state index contributed by atoms with van der Waals surface area (Å²) in [6.45, 7) is 0.874. The van der Waals surface area contributed by atoms with Crippen molar-refractivity contribution in [1.82, 2.24) is 20.2 Å². The molecule has 0 fully saturated rings. The number of nitrogens with two attached hydrogens (primary N) is 2. The lowest BCUT2D eigenvalue weighted by Crippen LogP contribution is -2.54. The predicted molar refractivity (Wildman–Crippen MR) is 85.3 cm³/mol. The highest BCUT2D eigenvalue weighted by atomic mass is 16.2. The minimum absolute atomic E-state index is 0.216. The molecule has 1 aromatic carbocycles. The molecule has 0 radical (unpaired) electrons. The van der Waals surface area contributed by atoms with Gasteiger partial charge in [-0.05, 0) is 11.1 Å².